The molecule has 0 saturated carbocycles. The molecule has 0 unspecified atom stereocenters. The number of ether oxygens (including phenoxy) is 1. The molecule has 0 aromatic heterocycles. The Kier molecular flexibility index (Phi) is 7.95. The molecule has 7 nitrogen and oxygen atoms in total. The number of phenolic OH excluding ortho intramolecular Hbond substituents is 1. The zero-order valence-electron chi connectivity index (χ0n) is 20.8. The number of amides is 1. The summed E-state index contributed by atoms with van der Waals surface area (Å²) in [5, 5.41) is 9.96. The first kappa shape index (κ1) is 26.4. The van der Waals surface area contributed by atoms with Gasteiger partial charge < -0.3 is 14.7 Å². The van der Waals surface area contributed by atoms with E-state index in [4.69, 9.17) is 16.3 Å². The minimum Gasteiger partial charge on any atom is -0.508 e. The van der Waals surface area contributed by atoms with Gasteiger partial charge in [0, 0.05) is 47.9 Å². The van der Waals surface area contributed by atoms with Gasteiger partial charge in [-0.15, -0.1) is 0 Å². The van der Waals surface area contributed by atoms with E-state index in [1.807, 2.05) is 4.90 Å². The van der Waals surface area contributed by atoms with Gasteiger partial charge in [-0.05, 0) is 86.6 Å². The minimum absolute atomic E-state index is 0.0265. The molecule has 0 spiro atoms. The van der Waals surface area contributed by atoms with E-state index in [0.29, 0.717) is 53.6 Å². The SMILES string of the molecule is CC(C)(Oc1ccc(C(=O)c2ccc(Cl)cc2)cc1)C(=O)N1CCN(CC(=O)c2ccc(O)cc2)CC1. The number of piperazine rings is 1. The van der Waals surface area contributed by atoms with Crippen LogP contribution in [0.2, 0.25) is 5.02 Å². The lowest BCUT2D eigenvalue weighted by Gasteiger charge is -2.38. The molecule has 1 amide bonds. The van der Waals surface area contributed by atoms with Gasteiger partial charge >= 0.3 is 0 Å². The fourth-order valence-corrected chi connectivity index (χ4v) is 4.34. The monoisotopic (exact) mass is 520 g/mol. The Labute approximate surface area is 221 Å². The Morgan fingerprint density at radius 1 is 0.811 bits per heavy atom. The van der Waals surface area contributed by atoms with Crippen LogP contribution in [-0.2, 0) is 4.79 Å². The maximum absolute atomic E-state index is 13.2. The lowest BCUT2D eigenvalue weighted by Crippen LogP contribution is -2.56. The summed E-state index contributed by atoms with van der Waals surface area (Å²) >= 11 is 5.90. The zero-order valence-corrected chi connectivity index (χ0v) is 21.6. The highest BCUT2D eigenvalue weighted by Gasteiger charge is 2.36. The number of ketones is 2. The van der Waals surface area contributed by atoms with Crippen LogP contribution in [-0.4, -0.2) is 70.7 Å². The molecule has 192 valence electrons. The summed E-state index contributed by atoms with van der Waals surface area (Å²) < 4.78 is 6.02. The zero-order chi connectivity index (χ0) is 26.6. The normalized spacial score (nSPS) is 14.3. The average molecular weight is 521 g/mol. The molecule has 1 saturated heterocycles. The van der Waals surface area contributed by atoms with Crippen molar-refractivity contribution >= 4 is 29.1 Å². The van der Waals surface area contributed by atoms with E-state index in [2.05, 4.69) is 0 Å². The van der Waals surface area contributed by atoms with Crippen LogP contribution in [0, 0.1) is 0 Å². The first-order valence-electron chi connectivity index (χ1n) is 12.1. The molecule has 0 aliphatic carbocycles. The van der Waals surface area contributed by atoms with Crippen molar-refractivity contribution in [3.8, 4) is 11.5 Å². The van der Waals surface area contributed by atoms with Crippen LogP contribution in [0.1, 0.15) is 40.1 Å². The number of carbonyl (C=O) groups is 3. The molecule has 3 aromatic carbocycles. The quantitative estimate of drug-likeness (QED) is 0.441. The van der Waals surface area contributed by atoms with Crippen molar-refractivity contribution in [3.05, 3.63) is 94.5 Å². The molecule has 0 radical (unpaired) electrons. The number of rotatable bonds is 8. The van der Waals surface area contributed by atoms with Crippen molar-refractivity contribution in [2.45, 2.75) is 19.4 Å². The van der Waals surface area contributed by atoms with Gasteiger partial charge in [0.2, 0.25) is 0 Å². The Bertz CT molecular complexity index is 1260. The topological polar surface area (TPSA) is 87.2 Å². The number of halogens is 1. The van der Waals surface area contributed by atoms with Gasteiger partial charge in [-0.25, -0.2) is 0 Å². The number of carbonyl (C=O) groups excluding carboxylic acids is 3. The van der Waals surface area contributed by atoms with E-state index < -0.39 is 5.60 Å². The molecule has 8 heteroatoms. The first-order chi connectivity index (χ1) is 17.6. The second-order valence-corrected chi connectivity index (χ2v) is 9.95. The minimum atomic E-state index is -1.11. The van der Waals surface area contributed by atoms with Crippen LogP contribution >= 0.6 is 11.6 Å². The highest BCUT2D eigenvalue weighted by atomic mass is 35.5. The molecule has 4 rings (SSSR count). The largest absolute Gasteiger partial charge is 0.508 e. The summed E-state index contributed by atoms with van der Waals surface area (Å²) in [7, 11) is 0. The molecule has 1 N–H and O–H groups in total. The summed E-state index contributed by atoms with van der Waals surface area (Å²) in [6, 6.07) is 19.6. The second-order valence-electron chi connectivity index (χ2n) is 9.51. The van der Waals surface area contributed by atoms with E-state index >= 15 is 0 Å². The Balaban J connectivity index is 1.30. The molecule has 1 aliphatic rings. The first-order valence-corrected chi connectivity index (χ1v) is 12.4. The molecule has 1 fully saturated rings. The van der Waals surface area contributed by atoms with Crippen LogP contribution in [0.15, 0.2) is 72.8 Å². The van der Waals surface area contributed by atoms with Gasteiger partial charge in [-0.1, -0.05) is 11.6 Å². The third kappa shape index (κ3) is 6.56. The van der Waals surface area contributed by atoms with E-state index in [0.717, 1.165) is 0 Å². The Morgan fingerprint density at radius 3 is 1.89 bits per heavy atom. The van der Waals surface area contributed by atoms with E-state index in [9.17, 15) is 19.5 Å². The summed E-state index contributed by atoms with van der Waals surface area (Å²) in [5.74, 6) is 0.320. The van der Waals surface area contributed by atoms with Crippen molar-refractivity contribution in [3.63, 3.8) is 0 Å². The fraction of sp³-hybridized carbons (Fsp3) is 0.276. The van der Waals surface area contributed by atoms with Crippen molar-refractivity contribution in [1.82, 2.24) is 9.80 Å². The lowest BCUT2D eigenvalue weighted by atomic mass is 10.0. The molecule has 3 aromatic rings. The molecular formula is C29H29ClN2O5. The lowest BCUT2D eigenvalue weighted by molar-refractivity contribution is -0.147. The number of nitrogens with zero attached hydrogens (tertiary/aromatic N) is 2. The van der Waals surface area contributed by atoms with Gasteiger partial charge in [0.05, 0.1) is 6.54 Å². The number of phenols is 1. The van der Waals surface area contributed by atoms with E-state index in [1.165, 1.54) is 12.1 Å². The van der Waals surface area contributed by atoms with Crippen LogP contribution in [0.25, 0.3) is 0 Å². The predicted molar refractivity (Wildman–Crippen MR) is 141 cm³/mol. The fourth-order valence-electron chi connectivity index (χ4n) is 4.21. The van der Waals surface area contributed by atoms with Gasteiger partial charge in [0.25, 0.3) is 5.91 Å². The maximum Gasteiger partial charge on any atom is 0.266 e. The molecule has 0 atom stereocenters. The van der Waals surface area contributed by atoms with E-state index in [1.54, 1.807) is 79.4 Å². The summed E-state index contributed by atoms with van der Waals surface area (Å²) in [4.78, 5) is 42.2. The van der Waals surface area contributed by atoms with Gasteiger partial charge in [0.1, 0.15) is 11.5 Å². The van der Waals surface area contributed by atoms with Gasteiger partial charge in [-0.2, -0.15) is 0 Å². The third-order valence-corrected chi connectivity index (χ3v) is 6.58. The van der Waals surface area contributed by atoms with Gasteiger partial charge in [-0.3, -0.25) is 19.3 Å². The number of hydrogen-bond acceptors (Lipinski definition) is 6. The van der Waals surface area contributed by atoms with Crippen LogP contribution in [0.5, 0.6) is 11.5 Å². The van der Waals surface area contributed by atoms with Crippen LogP contribution in [0.3, 0.4) is 0 Å². The average Bonchev–Trinajstić information content (AvgIpc) is 2.89. The Hall–Kier alpha value is -3.68. The number of Topliss-reactive ketones (excluding diaryl/α,β-unsaturated/α-hetero) is 1. The van der Waals surface area contributed by atoms with Crippen molar-refractivity contribution in [2.24, 2.45) is 0 Å². The molecule has 37 heavy (non-hydrogen) atoms. The second kappa shape index (κ2) is 11.2. The standard InChI is InChI=1S/C29H29ClN2O5/c1-29(2,37-25-13-7-22(8-14-25)27(35)21-3-9-23(30)10-4-21)28(36)32-17-15-31(16-18-32)19-26(34)20-5-11-24(33)12-6-20/h3-14,33H,15-19H2,1-2H3. The number of aromatic hydroxyl groups is 1. The summed E-state index contributed by atoms with van der Waals surface area (Å²) in [6.45, 7) is 5.84. The highest BCUT2D eigenvalue weighted by Crippen LogP contribution is 2.23. The smallest absolute Gasteiger partial charge is 0.266 e. The van der Waals surface area contributed by atoms with Gasteiger partial charge in [0.15, 0.2) is 17.2 Å². The van der Waals surface area contributed by atoms with Crippen molar-refractivity contribution in [1.29, 1.82) is 0 Å². The van der Waals surface area contributed by atoms with Crippen molar-refractivity contribution in [2.75, 3.05) is 32.7 Å². The van der Waals surface area contributed by atoms with Crippen LogP contribution < -0.4 is 4.74 Å². The van der Waals surface area contributed by atoms with Crippen molar-refractivity contribution < 1.29 is 24.2 Å². The summed E-state index contributed by atoms with van der Waals surface area (Å²) in [5.41, 5.74) is 0.493. The predicted octanol–water partition coefficient (Wildman–Crippen LogP) is 4.46. The maximum atomic E-state index is 13.2. The van der Waals surface area contributed by atoms with E-state index in [-0.39, 0.29) is 29.8 Å². The Morgan fingerprint density at radius 2 is 1.32 bits per heavy atom. The molecular weight excluding hydrogens is 492 g/mol. The number of benzene rings is 3. The molecule has 1 heterocycles. The third-order valence-electron chi connectivity index (χ3n) is 6.33. The molecule has 1 aliphatic heterocycles. The highest BCUT2D eigenvalue weighted by molar-refractivity contribution is 6.30. The van der Waals surface area contributed by atoms with Crippen LogP contribution in [0.4, 0.5) is 0 Å². The number of hydrogen-bond donors (Lipinski definition) is 1. The summed E-state index contributed by atoms with van der Waals surface area (Å²) in [6.07, 6.45) is 0. The molecule has 0 bridgehead atoms.